The molecular weight excluding hydrogens is 310 g/mol. The molecule has 2 rings (SSSR count). The lowest BCUT2D eigenvalue weighted by atomic mass is 10.3. The Hall–Kier alpha value is -0.780. The predicted molar refractivity (Wildman–Crippen MR) is 84.5 cm³/mol. The van der Waals surface area contributed by atoms with Gasteiger partial charge in [0.25, 0.3) is 0 Å². The van der Waals surface area contributed by atoms with Crippen molar-refractivity contribution >= 4 is 21.6 Å². The van der Waals surface area contributed by atoms with Crippen molar-refractivity contribution in [1.82, 2.24) is 4.31 Å². The SMILES string of the molecule is CCCN(C1CC1)S(=O)(=O)c1ccc(OCCCCl)cc1. The first-order valence-electron chi connectivity index (χ1n) is 7.40. The molecule has 6 heteroatoms. The van der Waals surface area contributed by atoms with E-state index in [1.165, 1.54) is 0 Å². The third-order valence-corrected chi connectivity index (χ3v) is 5.61. The highest BCUT2D eigenvalue weighted by Gasteiger charge is 2.37. The van der Waals surface area contributed by atoms with E-state index in [0.717, 1.165) is 25.7 Å². The molecule has 1 aliphatic carbocycles. The molecule has 0 radical (unpaired) electrons. The maximum atomic E-state index is 12.6. The summed E-state index contributed by atoms with van der Waals surface area (Å²) in [6.45, 7) is 3.12. The second-order valence-electron chi connectivity index (χ2n) is 5.21. The second kappa shape index (κ2) is 7.47. The molecule has 0 heterocycles. The third kappa shape index (κ3) is 4.34. The molecule has 118 valence electrons. The molecule has 0 aliphatic heterocycles. The van der Waals surface area contributed by atoms with Gasteiger partial charge in [0.1, 0.15) is 5.75 Å². The average Bonchev–Trinajstić information content (AvgIpc) is 3.30. The molecule has 0 bridgehead atoms. The van der Waals surface area contributed by atoms with E-state index in [-0.39, 0.29) is 6.04 Å². The Morgan fingerprint density at radius 1 is 1.29 bits per heavy atom. The van der Waals surface area contributed by atoms with Crippen molar-refractivity contribution in [3.63, 3.8) is 0 Å². The molecular formula is C15H22ClNO3S. The number of ether oxygens (including phenoxy) is 1. The van der Waals surface area contributed by atoms with Crippen molar-refractivity contribution in [2.75, 3.05) is 19.0 Å². The highest BCUT2D eigenvalue weighted by atomic mass is 35.5. The van der Waals surface area contributed by atoms with E-state index < -0.39 is 10.0 Å². The third-order valence-electron chi connectivity index (χ3n) is 3.38. The van der Waals surface area contributed by atoms with Gasteiger partial charge in [0.2, 0.25) is 10.0 Å². The molecule has 0 saturated heterocycles. The Kier molecular flexibility index (Phi) is 5.90. The van der Waals surface area contributed by atoms with Gasteiger partial charge in [0.15, 0.2) is 0 Å². The van der Waals surface area contributed by atoms with Gasteiger partial charge in [-0.25, -0.2) is 8.42 Å². The number of sulfonamides is 1. The van der Waals surface area contributed by atoms with Crippen LogP contribution in [0.1, 0.15) is 32.6 Å². The fourth-order valence-corrected chi connectivity index (χ4v) is 4.06. The van der Waals surface area contributed by atoms with Crippen LogP contribution < -0.4 is 4.74 Å². The predicted octanol–water partition coefficient (Wildman–Crippen LogP) is 3.26. The van der Waals surface area contributed by atoms with Crippen molar-refractivity contribution in [3.05, 3.63) is 24.3 Å². The molecule has 1 aliphatic rings. The quantitative estimate of drug-likeness (QED) is 0.515. The summed E-state index contributed by atoms with van der Waals surface area (Å²) >= 11 is 5.59. The van der Waals surface area contributed by atoms with Gasteiger partial charge in [-0.2, -0.15) is 4.31 Å². The Balaban J connectivity index is 2.08. The number of rotatable bonds is 9. The number of alkyl halides is 1. The van der Waals surface area contributed by atoms with Crippen molar-refractivity contribution in [2.24, 2.45) is 0 Å². The fourth-order valence-electron chi connectivity index (χ4n) is 2.17. The maximum absolute atomic E-state index is 12.6. The number of hydrogen-bond donors (Lipinski definition) is 0. The molecule has 0 aromatic heterocycles. The van der Waals surface area contributed by atoms with Crippen LogP contribution in [0.15, 0.2) is 29.2 Å². The van der Waals surface area contributed by atoms with Crippen molar-refractivity contribution < 1.29 is 13.2 Å². The summed E-state index contributed by atoms with van der Waals surface area (Å²) in [5.74, 6) is 1.23. The van der Waals surface area contributed by atoms with Crippen LogP contribution in [0.2, 0.25) is 0 Å². The van der Waals surface area contributed by atoms with Crippen LogP contribution in [0, 0.1) is 0 Å². The summed E-state index contributed by atoms with van der Waals surface area (Å²) in [5.41, 5.74) is 0. The van der Waals surface area contributed by atoms with E-state index in [1.807, 2.05) is 6.92 Å². The molecule has 1 fully saturated rings. The zero-order valence-corrected chi connectivity index (χ0v) is 13.9. The van der Waals surface area contributed by atoms with Gasteiger partial charge in [0, 0.05) is 18.5 Å². The first-order chi connectivity index (χ1) is 10.1. The Labute approximate surface area is 132 Å². The highest BCUT2D eigenvalue weighted by Crippen LogP contribution is 2.32. The normalized spacial score (nSPS) is 15.4. The van der Waals surface area contributed by atoms with Crippen molar-refractivity contribution in [2.45, 2.75) is 43.5 Å². The van der Waals surface area contributed by atoms with Crippen LogP contribution in [0.3, 0.4) is 0 Å². The van der Waals surface area contributed by atoms with Gasteiger partial charge < -0.3 is 4.74 Å². The topological polar surface area (TPSA) is 46.6 Å². The number of hydrogen-bond acceptors (Lipinski definition) is 3. The number of benzene rings is 1. The van der Waals surface area contributed by atoms with Gasteiger partial charge in [0.05, 0.1) is 11.5 Å². The minimum Gasteiger partial charge on any atom is -0.494 e. The molecule has 0 N–H and O–H groups in total. The van der Waals surface area contributed by atoms with E-state index in [4.69, 9.17) is 16.3 Å². The largest absolute Gasteiger partial charge is 0.494 e. The van der Waals surface area contributed by atoms with Crippen LogP contribution >= 0.6 is 11.6 Å². The smallest absolute Gasteiger partial charge is 0.243 e. The number of halogens is 1. The van der Waals surface area contributed by atoms with Crippen LogP contribution in [0.5, 0.6) is 5.75 Å². The molecule has 0 spiro atoms. The van der Waals surface area contributed by atoms with Gasteiger partial charge >= 0.3 is 0 Å². The van der Waals surface area contributed by atoms with E-state index in [0.29, 0.717) is 29.7 Å². The minimum absolute atomic E-state index is 0.189. The summed E-state index contributed by atoms with van der Waals surface area (Å²) in [5, 5.41) is 0. The molecule has 1 aromatic carbocycles. The van der Waals surface area contributed by atoms with Crippen LogP contribution in [0.25, 0.3) is 0 Å². The average molecular weight is 332 g/mol. The van der Waals surface area contributed by atoms with Gasteiger partial charge in [-0.1, -0.05) is 6.92 Å². The Morgan fingerprint density at radius 2 is 1.95 bits per heavy atom. The van der Waals surface area contributed by atoms with Crippen LogP contribution in [-0.4, -0.2) is 37.8 Å². The highest BCUT2D eigenvalue weighted by molar-refractivity contribution is 7.89. The molecule has 4 nitrogen and oxygen atoms in total. The monoisotopic (exact) mass is 331 g/mol. The maximum Gasteiger partial charge on any atom is 0.243 e. The minimum atomic E-state index is -3.39. The summed E-state index contributed by atoms with van der Waals surface area (Å²) in [7, 11) is -3.39. The lowest BCUT2D eigenvalue weighted by Crippen LogP contribution is -2.33. The summed E-state index contributed by atoms with van der Waals surface area (Å²) < 4.78 is 32.4. The van der Waals surface area contributed by atoms with E-state index >= 15 is 0 Å². The van der Waals surface area contributed by atoms with E-state index in [2.05, 4.69) is 0 Å². The lowest BCUT2D eigenvalue weighted by Gasteiger charge is -2.21. The zero-order chi connectivity index (χ0) is 15.3. The van der Waals surface area contributed by atoms with Gasteiger partial charge in [-0.15, -0.1) is 11.6 Å². The Bertz CT molecular complexity index is 541. The number of nitrogens with zero attached hydrogens (tertiary/aromatic N) is 1. The van der Waals surface area contributed by atoms with Crippen molar-refractivity contribution in [1.29, 1.82) is 0 Å². The summed E-state index contributed by atoms with van der Waals surface area (Å²) in [4.78, 5) is 0.340. The molecule has 1 saturated carbocycles. The fraction of sp³-hybridized carbons (Fsp3) is 0.600. The summed E-state index contributed by atoms with van der Waals surface area (Å²) in [6.07, 6.45) is 3.54. The lowest BCUT2D eigenvalue weighted by molar-refractivity contribution is 0.318. The molecule has 1 aromatic rings. The van der Waals surface area contributed by atoms with Crippen molar-refractivity contribution in [3.8, 4) is 5.75 Å². The van der Waals surface area contributed by atoms with E-state index in [1.54, 1.807) is 28.6 Å². The van der Waals surface area contributed by atoms with Crippen LogP contribution in [0.4, 0.5) is 0 Å². The van der Waals surface area contributed by atoms with Gasteiger partial charge in [-0.3, -0.25) is 0 Å². The van der Waals surface area contributed by atoms with Crippen LogP contribution in [-0.2, 0) is 10.0 Å². The molecule has 21 heavy (non-hydrogen) atoms. The zero-order valence-electron chi connectivity index (χ0n) is 12.3. The van der Waals surface area contributed by atoms with E-state index in [9.17, 15) is 8.42 Å². The molecule has 0 atom stereocenters. The Morgan fingerprint density at radius 3 is 2.48 bits per heavy atom. The first kappa shape index (κ1) is 16.6. The molecule has 0 unspecified atom stereocenters. The standard InChI is InChI=1S/C15H22ClNO3S/c1-2-11-17(13-4-5-13)21(18,19)15-8-6-14(7-9-15)20-12-3-10-16/h6-9,13H,2-5,10-12H2,1H3. The first-order valence-corrected chi connectivity index (χ1v) is 9.37. The van der Waals surface area contributed by atoms with Gasteiger partial charge in [-0.05, 0) is 49.9 Å². The second-order valence-corrected chi connectivity index (χ2v) is 7.48. The molecule has 0 amide bonds. The summed E-state index contributed by atoms with van der Waals surface area (Å²) in [6, 6.07) is 6.85.